The molecule has 3 nitrogen and oxygen atoms in total. The van der Waals surface area contributed by atoms with Crippen molar-refractivity contribution in [2.45, 2.75) is 25.8 Å². The van der Waals surface area contributed by atoms with Gasteiger partial charge in [0.05, 0.1) is 5.56 Å². The number of hydrogen-bond donors (Lipinski definition) is 1. The number of aryl methyl sites for hydroxylation is 1. The molecule has 1 heterocycles. The normalized spacial score (nSPS) is 16.6. The van der Waals surface area contributed by atoms with Gasteiger partial charge < -0.3 is 10.2 Å². The molecular formula is C14H19IN2O. The van der Waals surface area contributed by atoms with Crippen LogP contribution in [0.3, 0.4) is 0 Å². The van der Waals surface area contributed by atoms with Crippen molar-refractivity contribution >= 4 is 28.5 Å². The average Bonchev–Trinajstić information content (AvgIpc) is 2.41. The van der Waals surface area contributed by atoms with Gasteiger partial charge in [0, 0.05) is 16.7 Å². The minimum absolute atomic E-state index is 0.148. The van der Waals surface area contributed by atoms with Crippen LogP contribution in [0.5, 0.6) is 0 Å². The fourth-order valence-electron chi connectivity index (χ4n) is 2.36. The van der Waals surface area contributed by atoms with Gasteiger partial charge in [0.25, 0.3) is 5.91 Å². The molecule has 1 aromatic carbocycles. The summed E-state index contributed by atoms with van der Waals surface area (Å²) >= 11 is 2.26. The number of benzene rings is 1. The number of halogens is 1. The van der Waals surface area contributed by atoms with E-state index in [1.54, 1.807) is 0 Å². The Bertz CT molecular complexity index is 441. The van der Waals surface area contributed by atoms with Gasteiger partial charge in [0.2, 0.25) is 0 Å². The Hall–Kier alpha value is -0.620. The summed E-state index contributed by atoms with van der Waals surface area (Å²) in [7, 11) is 1.93. The zero-order valence-electron chi connectivity index (χ0n) is 10.9. The van der Waals surface area contributed by atoms with Crippen molar-refractivity contribution in [3.63, 3.8) is 0 Å². The van der Waals surface area contributed by atoms with E-state index in [9.17, 15) is 4.79 Å². The van der Waals surface area contributed by atoms with Gasteiger partial charge in [-0.1, -0.05) is 12.1 Å². The first-order valence-electron chi connectivity index (χ1n) is 6.34. The number of nitrogens with one attached hydrogen (secondary N) is 1. The highest BCUT2D eigenvalue weighted by atomic mass is 127. The van der Waals surface area contributed by atoms with Crippen LogP contribution < -0.4 is 5.32 Å². The largest absolute Gasteiger partial charge is 0.339 e. The first-order chi connectivity index (χ1) is 8.61. The van der Waals surface area contributed by atoms with Crippen LogP contribution in [-0.2, 0) is 0 Å². The molecule has 0 atom stereocenters. The molecule has 2 rings (SSSR count). The maximum atomic E-state index is 12.5. The Balaban J connectivity index is 2.17. The van der Waals surface area contributed by atoms with E-state index in [0.29, 0.717) is 6.04 Å². The first-order valence-corrected chi connectivity index (χ1v) is 7.42. The molecule has 0 saturated carbocycles. The summed E-state index contributed by atoms with van der Waals surface area (Å²) in [4.78, 5) is 14.4. The van der Waals surface area contributed by atoms with E-state index in [1.165, 1.54) is 5.56 Å². The molecule has 1 amide bonds. The summed E-state index contributed by atoms with van der Waals surface area (Å²) in [5.41, 5.74) is 2.00. The Morgan fingerprint density at radius 1 is 1.39 bits per heavy atom. The second-order valence-corrected chi connectivity index (χ2v) is 5.91. The Labute approximate surface area is 122 Å². The van der Waals surface area contributed by atoms with E-state index in [4.69, 9.17) is 0 Å². The molecule has 0 unspecified atom stereocenters. The predicted octanol–water partition coefficient (Wildman–Crippen LogP) is 2.42. The summed E-state index contributed by atoms with van der Waals surface area (Å²) in [6, 6.07) is 6.30. The third kappa shape index (κ3) is 2.85. The number of nitrogens with zero attached hydrogens (tertiary/aromatic N) is 1. The van der Waals surface area contributed by atoms with Crippen LogP contribution in [0, 0.1) is 10.5 Å². The fourth-order valence-corrected chi connectivity index (χ4v) is 2.95. The Morgan fingerprint density at radius 3 is 2.72 bits per heavy atom. The summed E-state index contributed by atoms with van der Waals surface area (Å²) in [5, 5.41) is 3.33. The highest BCUT2D eigenvalue weighted by molar-refractivity contribution is 14.1. The molecule has 0 spiro atoms. The highest BCUT2D eigenvalue weighted by Crippen LogP contribution is 2.20. The topological polar surface area (TPSA) is 32.3 Å². The third-order valence-electron chi connectivity index (χ3n) is 3.60. The standard InChI is InChI=1S/C14H19IN2O/c1-10-4-3-5-12(13(10)15)14(18)17(2)11-6-8-16-9-7-11/h3-5,11,16H,6-9H2,1-2H3. The van der Waals surface area contributed by atoms with Gasteiger partial charge in [-0.15, -0.1) is 0 Å². The minimum atomic E-state index is 0.148. The van der Waals surface area contributed by atoms with Gasteiger partial charge in [-0.05, 0) is 67.1 Å². The van der Waals surface area contributed by atoms with E-state index >= 15 is 0 Å². The monoisotopic (exact) mass is 358 g/mol. The molecule has 1 aliphatic rings. The van der Waals surface area contributed by atoms with Crippen LogP contribution in [-0.4, -0.2) is 37.0 Å². The van der Waals surface area contributed by atoms with E-state index in [0.717, 1.165) is 35.1 Å². The summed E-state index contributed by atoms with van der Waals surface area (Å²) in [5.74, 6) is 0.148. The van der Waals surface area contributed by atoms with Crippen molar-refractivity contribution in [2.75, 3.05) is 20.1 Å². The molecule has 1 aliphatic heterocycles. The van der Waals surface area contributed by atoms with Crippen LogP contribution in [0.25, 0.3) is 0 Å². The molecule has 1 saturated heterocycles. The first kappa shape index (κ1) is 13.8. The molecule has 4 heteroatoms. The smallest absolute Gasteiger partial charge is 0.254 e. The Morgan fingerprint density at radius 2 is 2.06 bits per heavy atom. The molecule has 0 aromatic heterocycles. The molecule has 1 aromatic rings. The number of hydrogen-bond acceptors (Lipinski definition) is 2. The van der Waals surface area contributed by atoms with Crippen LogP contribution >= 0.6 is 22.6 Å². The predicted molar refractivity (Wildman–Crippen MR) is 81.9 cm³/mol. The molecule has 0 aliphatic carbocycles. The van der Waals surface area contributed by atoms with Crippen molar-refractivity contribution in [3.8, 4) is 0 Å². The number of rotatable bonds is 2. The zero-order chi connectivity index (χ0) is 13.1. The SMILES string of the molecule is Cc1cccc(C(=O)N(C)C2CCNCC2)c1I. The van der Waals surface area contributed by atoms with Crippen molar-refractivity contribution in [1.82, 2.24) is 10.2 Å². The van der Waals surface area contributed by atoms with Gasteiger partial charge in [-0.2, -0.15) is 0 Å². The summed E-state index contributed by atoms with van der Waals surface area (Å²) < 4.78 is 1.07. The summed E-state index contributed by atoms with van der Waals surface area (Å²) in [6.07, 6.45) is 2.09. The second kappa shape index (κ2) is 6.02. The third-order valence-corrected chi connectivity index (χ3v) is 5.03. The van der Waals surface area contributed by atoms with E-state index in [2.05, 4.69) is 27.9 Å². The fraction of sp³-hybridized carbons (Fsp3) is 0.500. The molecule has 1 N–H and O–H groups in total. The lowest BCUT2D eigenvalue weighted by Crippen LogP contribution is -2.44. The number of piperidine rings is 1. The van der Waals surface area contributed by atoms with Gasteiger partial charge in [0.15, 0.2) is 0 Å². The maximum absolute atomic E-state index is 12.5. The van der Waals surface area contributed by atoms with Gasteiger partial charge >= 0.3 is 0 Å². The lowest BCUT2D eigenvalue weighted by Gasteiger charge is -2.32. The molecule has 1 fully saturated rings. The zero-order valence-corrected chi connectivity index (χ0v) is 13.0. The van der Waals surface area contributed by atoms with Crippen molar-refractivity contribution in [1.29, 1.82) is 0 Å². The number of carbonyl (C=O) groups excluding carboxylic acids is 1. The van der Waals surface area contributed by atoms with Gasteiger partial charge in [-0.3, -0.25) is 4.79 Å². The molecule has 98 valence electrons. The van der Waals surface area contributed by atoms with Gasteiger partial charge in [-0.25, -0.2) is 0 Å². The second-order valence-electron chi connectivity index (χ2n) is 4.83. The van der Waals surface area contributed by atoms with Crippen LogP contribution in [0.2, 0.25) is 0 Å². The van der Waals surface area contributed by atoms with E-state index in [1.807, 2.05) is 37.1 Å². The average molecular weight is 358 g/mol. The molecule has 0 radical (unpaired) electrons. The Kier molecular flexibility index (Phi) is 4.61. The number of amides is 1. The van der Waals surface area contributed by atoms with Crippen LogP contribution in [0.1, 0.15) is 28.8 Å². The minimum Gasteiger partial charge on any atom is -0.339 e. The van der Waals surface area contributed by atoms with E-state index in [-0.39, 0.29) is 5.91 Å². The highest BCUT2D eigenvalue weighted by Gasteiger charge is 2.24. The summed E-state index contributed by atoms with van der Waals surface area (Å²) in [6.45, 7) is 4.06. The van der Waals surface area contributed by atoms with Crippen molar-refractivity contribution in [3.05, 3.63) is 32.9 Å². The molecular weight excluding hydrogens is 339 g/mol. The van der Waals surface area contributed by atoms with Gasteiger partial charge in [0.1, 0.15) is 0 Å². The molecule has 0 bridgehead atoms. The van der Waals surface area contributed by atoms with Crippen molar-refractivity contribution < 1.29 is 4.79 Å². The molecule has 18 heavy (non-hydrogen) atoms. The maximum Gasteiger partial charge on any atom is 0.254 e. The lowest BCUT2D eigenvalue weighted by molar-refractivity contribution is 0.0702. The van der Waals surface area contributed by atoms with Crippen LogP contribution in [0.4, 0.5) is 0 Å². The van der Waals surface area contributed by atoms with Crippen LogP contribution in [0.15, 0.2) is 18.2 Å². The van der Waals surface area contributed by atoms with Crippen molar-refractivity contribution in [2.24, 2.45) is 0 Å². The quantitative estimate of drug-likeness (QED) is 0.824. The van der Waals surface area contributed by atoms with E-state index < -0.39 is 0 Å². The lowest BCUT2D eigenvalue weighted by atomic mass is 10.0. The number of carbonyl (C=O) groups is 1.